The molecule has 0 saturated heterocycles. The predicted molar refractivity (Wildman–Crippen MR) is 94.7 cm³/mol. The minimum Gasteiger partial charge on any atom is -0.685 e. The summed E-state index contributed by atoms with van der Waals surface area (Å²) >= 11 is 0. The maximum Gasteiger partial charge on any atom is 0.0209 e. The van der Waals surface area contributed by atoms with Crippen LogP contribution in [0.25, 0.3) is 5.32 Å². The Labute approximate surface area is 141 Å². The third kappa shape index (κ3) is 6.46. The Bertz CT molecular complexity index is 502. The zero-order valence-electron chi connectivity index (χ0n) is 13.8. The first-order chi connectivity index (χ1) is 9.36. The van der Waals surface area contributed by atoms with E-state index in [0.717, 1.165) is 11.4 Å². The molecule has 0 aliphatic carbocycles. The summed E-state index contributed by atoms with van der Waals surface area (Å²) in [7, 11) is 4.86. The van der Waals surface area contributed by atoms with Crippen molar-refractivity contribution in [2.75, 3.05) is 26.0 Å². The quantitative estimate of drug-likeness (QED) is 0.598. The number of hydrogen-bond donors (Lipinski definition) is 0. The minimum atomic E-state index is -0.981. The molecule has 2 aromatic carbocycles. The second-order valence-corrected chi connectivity index (χ2v) is 11.1. The Balaban J connectivity index is 0.000000370. The van der Waals surface area contributed by atoms with Crippen LogP contribution >= 0.6 is 0 Å². The van der Waals surface area contributed by atoms with E-state index in [1.807, 2.05) is 39.3 Å². The van der Waals surface area contributed by atoms with Crippen molar-refractivity contribution in [3.63, 3.8) is 0 Å². The van der Waals surface area contributed by atoms with Crippen LogP contribution in [-0.4, -0.2) is 29.2 Å². The standard InChI is InChI=1S/C9H13N2.C8H13Si.Co/c1-10-8-6-4-5-7-9(8)11(2)3;1-9(2,3)8-6-4-5-7-8;/h4-7H,1-3H3;4-7H,1-3H3;/q2*-1;. The van der Waals surface area contributed by atoms with Crippen molar-refractivity contribution in [2.24, 2.45) is 0 Å². The average molecular weight is 345 g/mol. The maximum absolute atomic E-state index is 4.15. The summed E-state index contributed by atoms with van der Waals surface area (Å²) in [5.41, 5.74) is 2.20. The molecule has 2 aromatic rings. The first-order valence-electron chi connectivity index (χ1n) is 6.94. The van der Waals surface area contributed by atoms with Crippen LogP contribution in [0.15, 0.2) is 48.5 Å². The smallest absolute Gasteiger partial charge is 0.0209 e. The Morgan fingerprint density at radius 1 is 0.952 bits per heavy atom. The number of rotatable bonds is 3. The fourth-order valence-electron chi connectivity index (χ4n) is 1.91. The van der Waals surface area contributed by atoms with E-state index in [2.05, 4.69) is 60.2 Å². The van der Waals surface area contributed by atoms with Gasteiger partial charge in [-0.1, -0.05) is 37.8 Å². The Morgan fingerprint density at radius 2 is 1.48 bits per heavy atom. The van der Waals surface area contributed by atoms with Crippen molar-refractivity contribution in [1.82, 2.24) is 0 Å². The molecule has 0 fully saturated rings. The molecule has 2 nitrogen and oxygen atoms in total. The van der Waals surface area contributed by atoms with Gasteiger partial charge in [0.15, 0.2) is 0 Å². The van der Waals surface area contributed by atoms with Crippen molar-refractivity contribution < 1.29 is 16.8 Å². The van der Waals surface area contributed by atoms with Crippen LogP contribution in [-0.2, 0) is 16.8 Å². The Kier molecular flexibility index (Phi) is 8.55. The molecule has 4 heteroatoms. The zero-order valence-corrected chi connectivity index (χ0v) is 15.9. The van der Waals surface area contributed by atoms with Gasteiger partial charge in [0.05, 0.1) is 0 Å². The largest absolute Gasteiger partial charge is 0.685 e. The normalized spacial score (nSPS) is 10.0. The number of hydrogen-bond acceptors (Lipinski definition) is 1. The van der Waals surface area contributed by atoms with E-state index in [1.54, 1.807) is 5.19 Å². The van der Waals surface area contributed by atoms with Gasteiger partial charge in [-0.3, -0.25) is 0 Å². The number of para-hydroxylation sites is 2. The number of benzene rings is 1. The van der Waals surface area contributed by atoms with Crippen LogP contribution in [0.5, 0.6) is 0 Å². The molecule has 0 saturated carbocycles. The summed E-state index contributed by atoms with van der Waals surface area (Å²) in [6.45, 7) is 7.09. The summed E-state index contributed by atoms with van der Waals surface area (Å²) in [5, 5.41) is 5.71. The van der Waals surface area contributed by atoms with Crippen LogP contribution in [0.4, 0.5) is 11.4 Å². The van der Waals surface area contributed by atoms with E-state index < -0.39 is 8.07 Å². The third-order valence-electron chi connectivity index (χ3n) is 3.13. The second kappa shape index (κ2) is 9.02. The van der Waals surface area contributed by atoms with E-state index in [1.165, 1.54) is 0 Å². The molecule has 0 aromatic heterocycles. The molecule has 0 unspecified atom stereocenters. The van der Waals surface area contributed by atoms with Crippen molar-refractivity contribution >= 4 is 24.6 Å². The van der Waals surface area contributed by atoms with Crippen LogP contribution in [0, 0.1) is 0 Å². The molecule has 0 heterocycles. The summed E-state index contributed by atoms with van der Waals surface area (Å²) in [5.74, 6) is 0. The molecule has 0 N–H and O–H groups in total. The van der Waals surface area contributed by atoms with Crippen LogP contribution in [0.3, 0.4) is 0 Å². The van der Waals surface area contributed by atoms with E-state index in [4.69, 9.17) is 0 Å². The first-order valence-corrected chi connectivity index (χ1v) is 10.4. The molecule has 0 bridgehead atoms. The molecular formula is C17H26CoN2Si-2. The summed E-state index contributed by atoms with van der Waals surface area (Å²) in [6.07, 6.45) is 0. The summed E-state index contributed by atoms with van der Waals surface area (Å²) < 4.78 is 0. The van der Waals surface area contributed by atoms with E-state index >= 15 is 0 Å². The molecule has 21 heavy (non-hydrogen) atoms. The minimum absolute atomic E-state index is 0. The molecular weight excluding hydrogens is 319 g/mol. The summed E-state index contributed by atoms with van der Waals surface area (Å²) in [6, 6.07) is 16.8. The number of anilines is 1. The second-order valence-electron chi connectivity index (χ2n) is 6.03. The topological polar surface area (TPSA) is 17.3 Å². The predicted octanol–water partition coefficient (Wildman–Crippen LogP) is 4.34. The van der Waals surface area contributed by atoms with Gasteiger partial charge in [0.2, 0.25) is 0 Å². The molecule has 2 rings (SSSR count). The summed E-state index contributed by atoms with van der Waals surface area (Å²) in [4.78, 5) is 2.06. The van der Waals surface area contributed by atoms with Crippen LogP contribution in [0.2, 0.25) is 19.6 Å². The molecule has 119 valence electrons. The fourth-order valence-corrected chi connectivity index (χ4v) is 3.10. The van der Waals surface area contributed by atoms with Gasteiger partial charge in [-0.05, 0) is 6.07 Å². The van der Waals surface area contributed by atoms with Crippen molar-refractivity contribution in [2.45, 2.75) is 19.6 Å². The molecule has 0 amide bonds. The van der Waals surface area contributed by atoms with Gasteiger partial charge in [0.25, 0.3) is 0 Å². The zero-order chi connectivity index (χ0) is 15.2. The monoisotopic (exact) mass is 345 g/mol. The van der Waals surface area contributed by atoms with Gasteiger partial charge in [-0.2, -0.15) is 17.3 Å². The van der Waals surface area contributed by atoms with Crippen molar-refractivity contribution in [3.8, 4) is 0 Å². The third-order valence-corrected chi connectivity index (χ3v) is 5.20. The number of nitrogens with zero attached hydrogens (tertiary/aromatic N) is 2. The van der Waals surface area contributed by atoms with Crippen molar-refractivity contribution in [3.05, 3.63) is 53.8 Å². The van der Waals surface area contributed by atoms with E-state index in [9.17, 15) is 0 Å². The average Bonchev–Trinajstić information content (AvgIpc) is 2.93. The molecule has 0 aliphatic heterocycles. The van der Waals surface area contributed by atoms with Crippen LogP contribution in [0.1, 0.15) is 0 Å². The van der Waals surface area contributed by atoms with E-state index in [0.29, 0.717) is 0 Å². The molecule has 0 aliphatic rings. The van der Waals surface area contributed by atoms with Gasteiger partial charge in [-0.15, -0.1) is 12.7 Å². The Hall–Kier alpha value is -1.11. The van der Waals surface area contributed by atoms with Gasteiger partial charge in [0.1, 0.15) is 0 Å². The first kappa shape index (κ1) is 19.9. The van der Waals surface area contributed by atoms with E-state index in [-0.39, 0.29) is 16.8 Å². The van der Waals surface area contributed by atoms with Gasteiger partial charge in [0, 0.05) is 44.6 Å². The van der Waals surface area contributed by atoms with Gasteiger partial charge < -0.3 is 10.2 Å². The van der Waals surface area contributed by atoms with Crippen LogP contribution < -0.4 is 10.1 Å². The fraction of sp³-hybridized carbons (Fsp3) is 0.353. The SMILES string of the molecule is C[N-]c1ccccc1N(C)C.C[Si](C)(C)[c-]1cccc1.[Co]. The maximum atomic E-state index is 4.15. The van der Waals surface area contributed by atoms with Gasteiger partial charge in [-0.25, -0.2) is 12.1 Å². The van der Waals surface area contributed by atoms with Crippen molar-refractivity contribution in [1.29, 1.82) is 0 Å². The molecule has 0 spiro atoms. The molecule has 0 atom stereocenters. The van der Waals surface area contributed by atoms with Gasteiger partial charge >= 0.3 is 0 Å². The Morgan fingerprint density at radius 3 is 1.81 bits per heavy atom. The molecule has 1 radical (unpaired) electrons.